The van der Waals surface area contributed by atoms with Gasteiger partial charge >= 0.3 is 0 Å². The molecular formula is C19H25FN2O2. The third kappa shape index (κ3) is 4.13. The highest BCUT2D eigenvalue weighted by Crippen LogP contribution is 2.22. The molecule has 2 saturated heterocycles. The molecule has 4 nitrogen and oxygen atoms in total. The van der Waals surface area contributed by atoms with Crippen molar-refractivity contribution in [2.45, 2.75) is 38.5 Å². The van der Waals surface area contributed by atoms with Gasteiger partial charge in [-0.1, -0.05) is 25.0 Å². The molecule has 2 aliphatic heterocycles. The Hall–Kier alpha value is -1.91. The predicted molar refractivity (Wildman–Crippen MR) is 89.8 cm³/mol. The first-order chi connectivity index (χ1) is 11.6. The largest absolute Gasteiger partial charge is 0.342 e. The minimum atomic E-state index is -0.251. The van der Waals surface area contributed by atoms with Crippen LogP contribution in [0.4, 0.5) is 4.39 Å². The first-order valence-corrected chi connectivity index (χ1v) is 8.94. The van der Waals surface area contributed by atoms with Crippen LogP contribution in [0.5, 0.6) is 0 Å². The zero-order chi connectivity index (χ0) is 16.9. The summed E-state index contributed by atoms with van der Waals surface area (Å²) in [6.45, 7) is 2.78. The summed E-state index contributed by atoms with van der Waals surface area (Å²) in [6.07, 6.45) is 5.55. The zero-order valence-corrected chi connectivity index (χ0v) is 14.0. The van der Waals surface area contributed by atoms with E-state index in [1.165, 1.54) is 25.0 Å². The Labute approximate surface area is 142 Å². The normalized spacial score (nSPS) is 21.9. The lowest BCUT2D eigenvalue weighted by molar-refractivity contribution is -0.135. The van der Waals surface area contributed by atoms with Crippen molar-refractivity contribution in [2.75, 3.05) is 26.2 Å². The van der Waals surface area contributed by atoms with Gasteiger partial charge in [0.1, 0.15) is 5.82 Å². The van der Waals surface area contributed by atoms with Gasteiger partial charge in [-0.25, -0.2) is 4.39 Å². The third-order valence-corrected chi connectivity index (χ3v) is 5.07. The number of hydrogen-bond donors (Lipinski definition) is 0. The van der Waals surface area contributed by atoms with Gasteiger partial charge in [0.15, 0.2) is 0 Å². The van der Waals surface area contributed by atoms with E-state index in [4.69, 9.17) is 0 Å². The molecule has 1 atom stereocenters. The summed E-state index contributed by atoms with van der Waals surface area (Å²) in [6, 6.07) is 6.37. The van der Waals surface area contributed by atoms with Crippen molar-refractivity contribution in [3.8, 4) is 0 Å². The highest BCUT2D eigenvalue weighted by atomic mass is 19.1. The van der Waals surface area contributed by atoms with E-state index >= 15 is 0 Å². The summed E-state index contributed by atoms with van der Waals surface area (Å²) < 4.78 is 12.9. The van der Waals surface area contributed by atoms with E-state index in [1.807, 2.05) is 4.90 Å². The van der Waals surface area contributed by atoms with Crippen LogP contribution in [-0.2, 0) is 16.0 Å². The summed E-state index contributed by atoms with van der Waals surface area (Å²) in [7, 11) is 0. The van der Waals surface area contributed by atoms with Gasteiger partial charge in [0, 0.05) is 32.6 Å². The second-order valence-electron chi connectivity index (χ2n) is 6.86. The van der Waals surface area contributed by atoms with Crippen LogP contribution in [0.2, 0.25) is 0 Å². The maximum absolute atomic E-state index is 12.9. The van der Waals surface area contributed by atoms with Crippen molar-refractivity contribution in [1.29, 1.82) is 0 Å². The fraction of sp³-hybridized carbons (Fsp3) is 0.579. The summed E-state index contributed by atoms with van der Waals surface area (Å²) >= 11 is 0. The molecule has 0 aliphatic carbocycles. The first-order valence-electron chi connectivity index (χ1n) is 8.94. The van der Waals surface area contributed by atoms with Crippen molar-refractivity contribution in [3.63, 3.8) is 0 Å². The number of carbonyl (C=O) groups is 2. The van der Waals surface area contributed by atoms with E-state index in [9.17, 15) is 14.0 Å². The van der Waals surface area contributed by atoms with Gasteiger partial charge in [-0.15, -0.1) is 0 Å². The lowest BCUT2D eigenvalue weighted by Gasteiger charge is -2.24. The molecule has 3 rings (SSSR count). The molecule has 2 aliphatic rings. The van der Waals surface area contributed by atoms with Crippen molar-refractivity contribution in [1.82, 2.24) is 9.80 Å². The Morgan fingerprint density at radius 1 is 1.08 bits per heavy atom. The summed E-state index contributed by atoms with van der Waals surface area (Å²) in [5.41, 5.74) is 1.01. The van der Waals surface area contributed by atoms with Crippen LogP contribution >= 0.6 is 0 Å². The quantitative estimate of drug-likeness (QED) is 0.850. The summed E-state index contributed by atoms with van der Waals surface area (Å²) in [5.74, 6) is -0.234. The van der Waals surface area contributed by atoms with Crippen LogP contribution in [-0.4, -0.2) is 47.8 Å². The molecule has 130 valence electrons. The van der Waals surface area contributed by atoms with E-state index in [1.54, 1.807) is 17.0 Å². The molecule has 2 fully saturated rings. The number of hydrogen-bond acceptors (Lipinski definition) is 2. The van der Waals surface area contributed by atoms with E-state index in [0.717, 1.165) is 31.5 Å². The monoisotopic (exact) mass is 332 g/mol. The smallest absolute Gasteiger partial charge is 0.227 e. The molecule has 0 bridgehead atoms. The zero-order valence-electron chi connectivity index (χ0n) is 14.0. The molecular weight excluding hydrogens is 307 g/mol. The maximum Gasteiger partial charge on any atom is 0.227 e. The molecule has 1 aromatic rings. The Morgan fingerprint density at radius 2 is 1.75 bits per heavy atom. The maximum atomic E-state index is 12.9. The molecule has 0 N–H and O–H groups in total. The van der Waals surface area contributed by atoms with E-state index in [-0.39, 0.29) is 23.5 Å². The Balaban J connectivity index is 1.53. The van der Waals surface area contributed by atoms with Crippen LogP contribution in [0.25, 0.3) is 0 Å². The van der Waals surface area contributed by atoms with E-state index in [0.29, 0.717) is 25.9 Å². The minimum Gasteiger partial charge on any atom is -0.342 e. The second-order valence-corrected chi connectivity index (χ2v) is 6.86. The van der Waals surface area contributed by atoms with Crippen LogP contribution in [0, 0.1) is 11.7 Å². The lowest BCUT2D eigenvalue weighted by atomic mass is 10.1. The first kappa shape index (κ1) is 16.9. The Bertz CT molecular complexity index is 580. The van der Waals surface area contributed by atoms with Crippen molar-refractivity contribution in [2.24, 2.45) is 5.92 Å². The molecule has 0 radical (unpaired) electrons. The number of halogens is 1. The molecule has 5 heteroatoms. The SMILES string of the molecule is O=C1C[C@H](C(=O)N2CCCCCC2)CN1CCc1ccc(F)cc1. The van der Waals surface area contributed by atoms with Crippen molar-refractivity contribution in [3.05, 3.63) is 35.6 Å². The fourth-order valence-electron chi connectivity index (χ4n) is 3.62. The lowest BCUT2D eigenvalue weighted by Crippen LogP contribution is -2.38. The van der Waals surface area contributed by atoms with Crippen LogP contribution in [0.15, 0.2) is 24.3 Å². The van der Waals surface area contributed by atoms with Gasteiger partial charge < -0.3 is 9.80 Å². The van der Waals surface area contributed by atoms with Gasteiger partial charge in [0.2, 0.25) is 11.8 Å². The number of benzene rings is 1. The second kappa shape index (κ2) is 7.77. The van der Waals surface area contributed by atoms with E-state index in [2.05, 4.69) is 0 Å². The van der Waals surface area contributed by atoms with Gasteiger partial charge in [-0.2, -0.15) is 0 Å². The average Bonchev–Trinajstić information content (AvgIpc) is 2.78. The topological polar surface area (TPSA) is 40.6 Å². The number of likely N-dealkylation sites (tertiary alicyclic amines) is 2. The summed E-state index contributed by atoms with van der Waals surface area (Å²) in [4.78, 5) is 28.6. The van der Waals surface area contributed by atoms with Crippen LogP contribution in [0.1, 0.15) is 37.7 Å². The Morgan fingerprint density at radius 3 is 2.42 bits per heavy atom. The molecule has 2 heterocycles. The van der Waals surface area contributed by atoms with Crippen LogP contribution < -0.4 is 0 Å². The summed E-state index contributed by atoms with van der Waals surface area (Å²) in [5, 5.41) is 0. The van der Waals surface area contributed by atoms with Crippen molar-refractivity contribution >= 4 is 11.8 Å². The average molecular weight is 332 g/mol. The molecule has 24 heavy (non-hydrogen) atoms. The number of nitrogens with zero attached hydrogens (tertiary/aromatic N) is 2. The standard InChI is InChI=1S/C19H25FN2O2/c20-17-7-5-15(6-8-17)9-12-22-14-16(13-18(22)23)19(24)21-10-3-1-2-4-11-21/h5-8,16H,1-4,9-14H2/t16-/m0/s1. The highest BCUT2D eigenvalue weighted by Gasteiger charge is 2.36. The number of rotatable bonds is 4. The molecule has 0 unspecified atom stereocenters. The number of carbonyl (C=O) groups excluding carboxylic acids is 2. The van der Waals surface area contributed by atoms with E-state index < -0.39 is 0 Å². The molecule has 0 aromatic heterocycles. The highest BCUT2D eigenvalue weighted by molar-refractivity contribution is 5.89. The van der Waals surface area contributed by atoms with Gasteiger partial charge in [0.05, 0.1) is 5.92 Å². The minimum absolute atomic E-state index is 0.0604. The van der Waals surface area contributed by atoms with Gasteiger partial charge in [-0.3, -0.25) is 9.59 Å². The van der Waals surface area contributed by atoms with Gasteiger partial charge in [0.25, 0.3) is 0 Å². The third-order valence-electron chi connectivity index (χ3n) is 5.07. The van der Waals surface area contributed by atoms with Gasteiger partial charge in [-0.05, 0) is 37.0 Å². The molecule has 1 aromatic carbocycles. The van der Waals surface area contributed by atoms with Crippen LogP contribution in [0.3, 0.4) is 0 Å². The fourth-order valence-corrected chi connectivity index (χ4v) is 3.62. The molecule has 2 amide bonds. The van der Waals surface area contributed by atoms with Crippen molar-refractivity contribution < 1.29 is 14.0 Å². The predicted octanol–water partition coefficient (Wildman–Crippen LogP) is 2.62. The Kier molecular flexibility index (Phi) is 5.48. The molecule has 0 spiro atoms. The number of amides is 2. The molecule has 0 saturated carbocycles.